The fourth-order valence-corrected chi connectivity index (χ4v) is 3.31. The van der Waals surface area contributed by atoms with Crippen LogP contribution < -0.4 is 5.32 Å². The minimum atomic E-state index is -0.233. The van der Waals surface area contributed by atoms with Crippen molar-refractivity contribution in [3.05, 3.63) is 46.7 Å². The van der Waals surface area contributed by atoms with Crippen molar-refractivity contribution in [2.45, 2.75) is 39.3 Å². The summed E-state index contributed by atoms with van der Waals surface area (Å²) in [7, 11) is 0. The van der Waals surface area contributed by atoms with Crippen LogP contribution in [0.15, 0.2) is 30.5 Å². The molecule has 128 valence electrons. The van der Waals surface area contributed by atoms with E-state index in [1.54, 1.807) is 4.68 Å². The number of aromatic nitrogens is 2. The normalized spacial score (nSPS) is 15.4. The van der Waals surface area contributed by atoms with Gasteiger partial charge in [-0.2, -0.15) is 5.10 Å². The molecule has 1 aromatic carbocycles. The van der Waals surface area contributed by atoms with E-state index in [0.717, 1.165) is 12.2 Å². The SMILES string of the molecule is CCn1ncc(Cl)c1C(=O)Nc1ccc(CN2CCCCC2)cc1. The molecule has 2 aromatic rings. The topological polar surface area (TPSA) is 50.2 Å². The molecule has 1 aliphatic rings. The Bertz CT molecular complexity index is 690. The van der Waals surface area contributed by atoms with Gasteiger partial charge in [-0.05, 0) is 50.6 Å². The lowest BCUT2D eigenvalue weighted by Gasteiger charge is -2.26. The zero-order valence-corrected chi connectivity index (χ0v) is 14.7. The van der Waals surface area contributed by atoms with Gasteiger partial charge >= 0.3 is 0 Å². The summed E-state index contributed by atoms with van der Waals surface area (Å²) in [6.07, 6.45) is 5.43. The van der Waals surface area contributed by atoms with E-state index >= 15 is 0 Å². The van der Waals surface area contributed by atoms with Crippen LogP contribution >= 0.6 is 11.6 Å². The van der Waals surface area contributed by atoms with Crippen molar-refractivity contribution in [3.63, 3.8) is 0 Å². The van der Waals surface area contributed by atoms with E-state index in [-0.39, 0.29) is 5.91 Å². The summed E-state index contributed by atoms with van der Waals surface area (Å²) in [6, 6.07) is 8.03. The number of piperidine rings is 1. The number of hydrogen-bond acceptors (Lipinski definition) is 3. The van der Waals surface area contributed by atoms with Gasteiger partial charge in [-0.15, -0.1) is 0 Å². The van der Waals surface area contributed by atoms with Crippen LogP contribution in [0.4, 0.5) is 5.69 Å². The minimum absolute atomic E-state index is 0.233. The molecule has 3 rings (SSSR count). The maximum Gasteiger partial charge on any atom is 0.275 e. The molecule has 1 aromatic heterocycles. The zero-order chi connectivity index (χ0) is 16.9. The molecule has 0 atom stereocenters. The number of nitrogens with one attached hydrogen (secondary N) is 1. The largest absolute Gasteiger partial charge is 0.321 e. The second-order valence-corrected chi connectivity index (χ2v) is 6.55. The first kappa shape index (κ1) is 17.0. The number of anilines is 1. The molecular formula is C18H23ClN4O. The van der Waals surface area contributed by atoms with E-state index in [0.29, 0.717) is 17.3 Å². The Kier molecular flexibility index (Phi) is 5.53. The van der Waals surface area contributed by atoms with Crippen molar-refractivity contribution >= 4 is 23.2 Å². The molecular weight excluding hydrogens is 324 g/mol. The Morgan fingerprint density at radius 1 is 1.21 bits per heavy atom. The van der Waals surface area contributed by atoms with Crippen LogP contribution in [-0.2, 0) is 13.1 Å². The summed E-state index contributed by atoms with van der Waals surface area (Å²) in [5.41, 5.74) is 2.44. The summed E-state index contributed by atoms with van der Waals surface area (Å²) in [4.78, 5) is 14.9. The van der Waals surface area contributed by atoms with Gasteiger partial charge in [0.05, 0.1) is 11.2 Å². The van der Waals surface area contributed by atoms with Gasteiger partial charge in [0.15, 0.2) is 0 Å². The highest BCUT2D eigenvalue weighted by Gasteiger charge is 2.17. The Hall–Kier alpha value is -1.85. The molecule has 5 nitrogen and oxygen atoms in total. The van der Waals surface area contributed by atoms with Gasteiger partial charge in [-0.1, -0.05) is 30.2 Å². The highest BCUT2D eigenvalue weighted by Crippen LogP contribution is 2.19. The number of rotatable bonds is 5. The first-order chi connectivity index (χ1) is 11.7. The zero-order valence-electron chi connectivity index (χ0n) is 14.0. The van der Waals surface area contributed by atoms with Crippen LogP contribution in [-0.4, -0.2) is 33.7 Å². The number of benzene rings is 1. The third-order valence-electron chi connectivity index (χ3n) is 4.38. The smallest absolute Gasteiger partial charge is 0.275 e. The van der Waals surface area contributed by atoms with Crippen LogP contribution in [0.3, 0.4) is 0 Å². The summed E-state index contributed by atoms with van der Waals surface area (Å²) < 4.78 is 1.60. The predicted molar refractivity (Wildman–Crippen MR) is 96.4 cm³/mol. The molecule has 0 bridgehead atoms. The standard InChI is InChI=1S/C18H23ClN4O/c1-2-23-17(16(19)12-20-23)18(24)21-15-8-6-14(7-9-15)13-22-10-4-3-5-11-22/h6-9,12H,2-5,10-11,13H2,1H3,(H,21,24). The second-order valence-electron chi connectivity index (χ2n) is 6.14. The average molecular weight is 347 g/mol. The van der Waals surface area contributed by atoms with Crippen LogP contribution in [0.2, 0.25) is 5.02 Å². The van der Waals surface area contributed by atoms with Crippen molar-refractivity contribution in [2.75, 3.05) is 18.4 Å². The summed E-state index contributed by atoms with van der Waals surface area (Å²) in [5.74, 6) is -0.233. The van der Waals surface area contributed by atoms with Gasteiger partial charge in [0.2, 0.25) is 0 Å². The fraction of sp³-hybridized carbons (Fsp3) is 0.444. The lowest BCUT2D eigenvalue weighted by molar-refractivity contribution is 0.101. The molecule has 0 unspecified atom stereocenters. The molecule has 1 saturated heterocycles. The lowest BCUT2D eigenvalue weighted by Crippen LogP contribution is -2.29. The van der Waals surface area contributed by atoms with E-state index in [1.165, 1.54) is 44.1 Å². The number of carbonyl (C=O) groups excluding carboxylic acids is 1. The number of carbonyl (C=O) groups is 1. The van der Waals surface area contributed by atoms with E-state index in [4.69, 9.17) is 11.6 Å². The molecule has 1 N–H and O–H groups in total. The van der Waals surface area contributed by atoms with E-state index < -0.39 is 0 Å². The van der Waals surface area contributed by atoms with Crippen molar-refractivity contribution in [2.24, 2.45) is 0 Å². The molecule has 1 aliphatic heterocycles. The first-order valence-electron chi connectivity index (χ1n) is 8.51. The minimum Gasteiger partial charge on any atom is -0.321 e. The highest BCUT2D eigenvalue weighted by atomic mass is 35.5. The van der Waals surface area contributed by atoms with Crippen molar-refractivity contribution in [3.8, 4) is 0 Å². The maximum atomic E-state index is 12.4. The van der Waals surface area contributed by atoms with Crippen molar-refractivity contribution in [1.29, 1.82) is 0 Å². The van der Waals surface area contributed by atoms with Crippen molar-refractivity contribution < 1.29 is 4.79 Å². The Labute approximate surface area is 147 Å². The fourth-order valence-electron chi connectivity index (χ4n) is 3.09. The Balaban J connectivity index is 1.63. The van der Waals surface area contributed by atoms with Gasteiger partial charge in [-0.25, -0.2) is 0 Å². The van der Waals surface area contributed by atoms with Crippen molar-refractivity contribution in [1.82, 2.24) is 14.7 Å². The summed E-state index contributed by atoms with van der Waals surface area (Å²) in [5, 5.41) is 7.36. The lowest BCUT2D eigenvalue weighted by atomic mass is 10.1. The van der Waals surface area contributed by atoms with Gasteiger partial charge < -0.3 is 5.32 Å². The maximum absolute atomic E-state index is 12.4. The van der Waals surface area contributed by atoms with Crippen LogP contribution in [0, 0.1) is 0 Å². The summed E-state index contributed by atoms with van der Waals surface area (Å²) in [6.45, 7) is 5.86. The number of hydrogen-bond donors (Lipinski definition) is 1. The number of likely N-dealkylation sites (tertiary alicyclic amines) is 1. The molecule has 0 spiro atoms. The third-order valence-corrected chi connectivity index (χ3v) is 4.65. The average Bonchev–Trinajstić information content (AvgIpc) is 2.98. The first-order valence-corrected chi connectivity index (χ1v) is 8.89. The molecule has 24 heavy (non-hydrogen) atoms. The van der Waals surface area contributed by atoms with Gasteiger partial charge in [-0.3, -0.25) is 14.4 Å². The van der Waals surface area contributed by atoms with E-state index in [2.05, 4.69) is 27.4 Å². The quantitative estimate of drug-likeness (QED) is 0.896. The molecule has 0 aliphatic carbocycles. The molecule has 0 radical (unpaired) electrons. The van der Waals surface area contributed by atoms with Crippen LogP contribution in [0.5, 0.6) is 0 Å². The number of nitrogens with zero attached hydrogens (tertiary/aromatic N) is 3. The Morgan fingerprint density at radius 3 is 2.58 bits per heavy atom. The number of halogens is 1. The predicted octanol–water partition coefficient (Wildman–Crippen LogP) is 3.79. The summed E-state index contributed by atoms with van der Waals surface area (Å²) >= 11 is 6.07. The van der Waals surface area contributed by atoms with Gasteiger partial charge in [0, 0.05) is 18.8 Å². The second kappa shape index (κ2) is 7.81. The number of aryl methyl sites for hydroxylation is 1. The third kappa shape index (κ3) is 3.97. The molecule has 6 heteroatoms. The molecule has 2 heterocycles. The van der Waals surface area contributed by atoms with Crippen LogP contribution in [0.25, 0.3) is 0 Å². The molecule has 0 saturated carbocycles. The van der Waals surface area contributed by atoms with E-state index in [9.17, 15) is 4.79 Å². The highest BCUT2D eigenvalue weighted by molar-refractivity contribution is 6.34. The van der Waals surface area contributed by atoms with E-state index in [1.807, 2.05) is 19.1 Å². The number of amides is 1. The molecule has 1 fully saturated rings. The van der Waals surface area contributed by atoms with Crippen LogP contribution in [0.1, 0.15) is 42.2 Å². The Morgan fingerprint density at radius 2 is 1.92 bits per heavy atom. The van der Waals surface area contributed by atoms with Gasteiger partial charge in [0.25, 0.3) is 5.91 Å². The molecule has 1 amide bonds. The monoisotopic (exact) mass is 346 g/mol. The van der Waals surface area contributed by atoms with Gasteiger partial charge in [0.1, 0.15) is 5.69 Å².